The first-order valence-electron chi connectivity index (χ1n) is 8.27. The van der Waals surface area contributed by atoms with Gasteiger partial charge in [0.2, 0.25) is 0 Å². The third-order valence-electron chi connectivity index (χ3n) is 4.41. The van der Waals surface area contributed by atoms with Gasteiger partial charge in [-0.3, -0.25) is 13.8 Å². The maximum absolute atomic E-state index is 11.4. The Kier molecular flexibility index (Phi) is 4.92. The van der Waals surface area contributed by atoms with Gasteiger partial charge < -0.3 is 10.2 Å². The molecule has 132 valence electrons. The summed E-state index contributed by atoms with van der Waals surface area (Å²) in [6, 6.07) is 9.57. The third-order valence-corrected chi connectivity index (χ3v) is 5.28. The summed E-state index contributed by atoms with van der Waals surface area (Å²) in [5.74, 6) is 0.0722. The van der Waals surface area contributed by atoms with Crippen LogP contribution in [0.2, 0.25) is 0 Å². The van der Waals surface area contributed by atoms with E-state index in [1.165, 1.54) is 12.1 Å². The lowest BCUT2D eigenvalue weighted by molar-refractivity contribution is -0.117. The Balaban J connectivity index is 1.87. The second kappa shape index (κ2) is 6.98. The molecule has 6 heteroatoms. The van der Waals surface area contributed by atoms with Crippen molar-refractivity contribution >= 4 is 40.6 Å². The number of nitrogens with zero attached hydrogens (tertiary/aromatic N) is 1. The number of benzene rings is 2. The number of carbonyl (C=O) groups excluding carboxylic acids is 1. The van der Waals surface area contributed by atoms with Crippen molar-refractivity contribution in [3.8, 4) is 5.75 Å². The van der Waals surface area contributed by atoms with Crippen molar-refractivity contribution in [1.82, 2.24) is 4.72 Å². The van der Waals surface area contributed by atoms with Gasteiger partial charge in [0.1, 0.15) is 12.3 Å². The molecule has 1 saturated heterocycles. The molecule has 0 saturated carbocycles. The highest BCUT2D eigenvalue weighted by Crippen LogP contribution is 2.36. The van der Waals surface area contributed by atoms with Crippen LogP contribution in [0, 0.1) is 0 Å². The van der Waals surface area contributed by atoms with E-state index in [1.54, 1.807) is 10.4 Å². The number of hydrogen-bond acceptors (Lipinski definition) is 5. The molecule has 25 heavy (non-hydrogen) atoms. The van der Waals surface area contributed by atoms with Crippen LogP contribution in [-0.4, -0.2) is 28.3 Å². The van der Waals surface area contributed by atoms with Crippen LogP contribution in [0.1, 0.15) is 32.3 Å². The minimum Gasteiger partial charge on any atom is -0.506 e. The van der Waals surface area contributed by atoms with Gasteiger partial charge in [-0.2, -0.15) is 0 Å². The fourth-order valence-electron chi connectivity index (χ4n) is 2.62. The number of aliphatic hydroxyl groups is 1. The normalized spacial score (nSPS) is 17.2. The average Bonchev–Trinajstić information content (AvgIpc) is 3.00. The summed E-state index contributed by atoms with van der Waals surface area (Å²) >= 11 is 1.18. The lowest BCUT2D eigenvalue weighted by atomic mass is 9.98. The molecule has 0 aromatic heterocycles. The Morgan fingerprint density at radius 2 is 2.12 bits per heavy atom. The van der Waals surface area contributed by atoms with Crippen LogP contribution in [0.25, 0.3) is 16.8 Å². The molecule has 3 N–H and O–H groups in total. The number of amides is 1. The summed E-state index contributed by atoms with van der Waals surface area (Å²) < 4.78 is 4.39. The van der Waals surface area contributed by atoms with Crippen LogP contribution < -0.4 is 9.03 Å². The Bertz CT molecular complexity index is 833. The first-order valence-corrected chi connectivity index (χ1v) is 9.04. The van der Waals surface area contributed by atoms with Crippen LogP contribution in [0.4, 0.5) is 5.69 Å². The van der Waals surface area contributed by atoms with Crippen molar-refractivity contribution < 1.29 is 15.0 Å². The molecular formula is C19H22N2O3S. The minimum absolute atomic E-state index is 0.0795. The molecule has 0 radical (unpaired) electrons. The van der Waals surface area contributed by atoms with Gasteiger partial charge >= 0.3 is 0 Å². The molecule has 0 aliphatic carbocycles. The molecule has 1 aliphatic rings. The lowest BCUT2D eigenvalue weighted by Gasteiger charge is -2.18. The summed E-state index contributed by atoms with van der Waals surface area (Å²) in [7, 11) is 0. The fraction of sp³-hybridized carbons (Fsp3) is 0.316. The molecule has 0 bridgehead atoms. The summed E-state index contributed by atoms with van der Waals surface area (Å²) in [6.07, 6.45) is 5.27. The van der Waals surface area contributed by atoms with Crippen molar-refractivity contribution in [2.75, 3.05) is 10.8 Å². The quantitative estimate of drug-likeness (QED) is 0.712. The van der Waals surface area contributed by atoms with Crippen LogP contribution in [-0.2, 0) is 4.79 Å². The highest BCUT2D eigenvalue weighted by atomic mass is 32.2. The van der Waals surface area contributed by atoms with E-state index in [-0.39, 0.29) is 18.2 Å². The van der Waals surface area contributed by atoms with Gasteiger partial charge in [0.25, 0.3) is 5.91 Å². The van der Waals surface area contributed by atoms with E-state index >= 15 is 0 Å². The third kappa shape index (κ3) is 4.08. The monoisotopic (exact) mass is 358 g/mol. The van der Waals surface area contributed by atoms with Crippen molar-refractivity contribution in [2.45, 2.75) is 32.3 Å². The van der Waals surface area contributed by atoms with Crippen LogP contribution >= 0.6 is 12.1 Å². The number of phenols is 1. The van der Waals surface area contributed by atoms with Gasteiger partial charge in [0.05, 0.1) is 23.4 Å². The molecule has 1 amide bonds. The number of anilines is 1. The zero-order valence-corrected chi connectivity index (χ0v) is 15.1. The SMILES string of the molecule is CCC(C)(O)C/C=C/c1ccc2cc(O)c(N3CC(=O)NS3)cc2c1. The lowest BCUT2D eigenvalue weighted by Crippen LogP contribution is -2.20. The van der Waals surface area contributed by atoms with Gasteiger partial charge in [0, 0.05) is 0 Å². The van der Waals surface area contributed by atoms with Crippen LogP contribution in [0.5, 0.6) is 5.75 Å². The predicted molar refractivity (Wildman–Crippen MR) is 103 cm³/mol. The summed E-state index contributed by atoms with van der Waals surface area (Å²) in [5, 5.41) is 22.2. The van der Waals surface area contributed by atoms with Crippen molar-refractivity contribution in [3.63, 3.8) is 0 Å². The molecule has 1 heterocycles. The molecule has 1 unspecified atom stereocenters. The molecule has 3 rings (SSSR count). The molecule has 1 atom stereocenters. The number of hydrogen-bond donors (Lipinski definition) is 3. The highest BCUT2D eigenvalue weighted by molar-refractivity contribution is 7.99. The average molecular weight is 358 g/mol. The van der Waals surface area contributed by atoms with Gasteiger partial charge in [-0.25, -0.2) is 0 Å². The fourth-order valence-corrected chi connectivity index (χ4v) is 3.33. The van der Waals surface area contributed by atoms with Gasteiger partial charge in [-0.1, -0.05) is 31.2 Å². The number of carbonyl (C=O) groups is 1. The van der Waals surface area contributed by atoms with E-state index in [0.29, 0.717) is 18.5 Å². The number of rotatable bonds is 5. The van der Waals surface area contributed by atoms with E-state index < -0.39 is 5.60 Å². The highest BCUT2D eigenvalue weighted by Gasteiger charge is 2.23. The Morgan fingerprint density at radius 3 is 2.80 bits per heavy atom. The largest absolute Gasteiger partial charge is 0.506 e. The van der Waals surface area contributed by atoms with Gasteiger partial charge in [-0.15, -0.1) is 0 Å². The van der Waals surface area contributed by atoms with Gasteiger partial charge in [0.15, 0.2) is 0 Å². The number of nitrogens with one attached hydrogen (secondary N) is 1. The first-order chi connectivity index (χ1) is 11.9. The Hall–Kier alpha value is -2.18. The smallest absolute Gasteiger partial charge is 0.251 e. The molecular weight excluding hydrogens is 336 g/mol. The maximum atomic E-state index is 11.4. The van der Waals surface area contributed by atoms with Crippen LogP contribution in [0.15, 0.2) is 36.4 Å². The number of fused-ring (bicyclic) bond motifs is 1. The molecule has 2 aromatic rings. The zero-order chi connectivity index (χ0) is 18.0. The molecule has 5 nitrogen and oxygen atoms in total. The summed E-state index contributed by atoms with van der Waals surface area (Å²) in [4.78, 5) is 11.4. The van der Waals surface area contributed by atoms with E-state index in [0.717, 1.165) is 16.3 Å². The Morgan fingerprint density at radius 1 is 1.32 bits per heavy atom. The second-order valence-corrected chi connectivity index (χ2v) is 7.39. The number of aromatic hydroxyl groups is 1. The van der Waals surface area contributed by atoms with E-state index in [2.05, 4.69) is 4.72 Å². The predicted octanol–water partition coefficient (Wildman–Crippen LogP) is 3.61. The molecule has 1 aliphatic heterocycles. The molecule has 0 spiro atoms. The second-order valence-electron chi connectivity index (χ2n) is 6.56. The molecule has 1 fully saturated rings. The van der Waals surface area contributed by atoms with Crippen molar-refractivity contribution in [1.29, 1.82) is 0 Å². The standard InChI is InChI=1S/C19H22N2O3S/c1-3-19(2,24)8-4-5-13-6-7-14-11-17(22)16(10-15(14)9-13)21-12-18(23)20-25-21/h4-7,9-11,22,24H,3,8,12H2,1-2H3,(H,20,23)/b5-4+. The zero-order valence-electron chi connectivity index (χ0n) is 14.3. The first kappa shape index (κ1) is 17.6. The van der Waals surface area contributed by atoms with Crippen molar-refractivity contribution in [2.24, 2.45) is 0 Å². The van der Waals surface area contributed by atoms with Crippen molar-refractivity contribution in [3.05, 3.63) is 42.0 Å². The number of phenolic OH excluding ortho intramolecular Hbond substituents is 1. The summed E-state index contributed by atoms with van der Waals surface area (Å²) in [5.41, 5.74) is 0.962. The van der Waals surface area contributed by atoms with E-state index in [4.69, 9.17) is 0 Å². The summed E-state index contributed by atoms with van der Waals surface area (Å²) in [6.45, 7) is 4.01. The van der Waals surface area contributed by atoms with E-state index in [1.807, 2.05) is 50.3 Å². The van der Waals surface area contributed by atoms with E-state index in [9.17, 15) is 15.0 Å². The van der Waals surface area contributed by atoms with Crippen LogP contribution in [0.3, 0.4) is 0 Å². The Labute approximate surface area is 151 Å². The maximum Gasteiger partial charge on any atom is 0.251 e. The van der Waals surface area contributed by atoms with Gasteiger partial charge in [-0.05, 0) is 54.3 Å². The topological polar surface area (TPSA) is 72.8 Å². The molecule has 2 aromatic carbocycles. The minimum atomic E-state index is -0.682.